The molecule has 15 heavy (non-hydrogen) atoms. The Labute approximate surface area is 101 Å². The summed E-state index contributed by atoms with van der Waals surface area (Å²) >= 11 is 3.42. The molecule has 1 fully saturated rings. The average molecular weight is 276 g/mol. The number of carbonyl (C=O) groups excluding carboxylic acids is 1. The Kier molecular flexibility index (Phi) is 3.54. The lowest BCUT2D eigenvalue weighted by Crippen LogP contribution is -2.37. The van der Waals surface area contributed by atoms with Crippen LogP contribution in [0.15, 0.2) is 0 Å². The van der Waals surface area contributed by atoms with E-state index in [2.05, 4.69) is 55.9 Å². The first-order valence-corrected chi connectivity index (χ1v) is 6.77. The molecule has 1 atom stereocenters. The summed E-state index contributed by atoms with van der Waals surface area (Å²) in [6.45, 7) is 10.8. The van der Waals surface area contributed by atoms with Crippen LogP contribution in [0.2, 0.25) is 0 Å². The molecule has 0 aliphatic heterocycles. The summed E-state index contributed by atoms with van der Waals surface area (Å²) in [4.78, 5) is 12.0. The number of hydrogen-bond donors (Lipinski definition) is 1. The molecule has 0 aromatic heterocycles. The molecule has 0 bridgehead atoms. The molecule has 1 rings (SSSR count). The SMILES string of the molecule is CCC(CBr)NC(=O)C1C(C)(C)C1(C)C. The highest BCUT2D eigenvalue weighted by Gasteiger charge is 2.68. The Hall–Kier alpha value is -0.0500. The predicted molar refractivity (Wildman–Crippen MR) is 67.1 cm³/mol. The minimum Gasteiger partial charge on any atom is -0.352 e. The quantitative estimate of drug-likeness (QED) is 0.786. The Morgan fingerprint density at radius 2 is 1.80 bits per heavy atom. The van der Waals surface area contributed by atoms with E-state index in [1.807, 2.05) is 0 Å². The molecule has 1 aliphatic rings. The number of carbonyl (C=O) groups is 1. The van der Waals surface area contributed by atoms with Crippen LogP contribution in [0.25, 0.3) is 0 Å². The van der Waals surface area contributed by atoms with Gasteiger partial charge in [0.15, 0.2) is 0 Å². The highest BCUT2D eigenvalue weighted by Crippen LogP contribution is 2.68. The number of rotatable bonds is 4. The standard InChI is InChI=1S/C12H22BrNO/c1-6-8(7-13)14-10(15)9-11(2,3)12(9,4)5/h8-9H,6-7H2,1-5H3,(H,14,15). The molecule has 0 heterocycles. The topological polar surface area (TPSA) is 29.1 Å². The molecule has 0 aromatic carbocycles. The van der Waals surface area contributed by atoms with Gasteiger partial charge >= 0.3 is 0 Å². The fraction of sp³-hybridized carbons (Fsp3) is 0.917. The summed E-state index contributed by atoms with van der Waals surface area (Å²) in [5.41, 5.74) is 0.281. The second-order valence-electron chi connectivity index (χ2n) is 5.64. The monoisotopic (exact) mass is 275 g/mol. The van der Waals surface area contributed by atoms with Gasteiger partial charge in [-0.1, -0.05) is 50.5 Å². The van der Waals surface area contributed by atoms with E-state index in [9.17, 15) is 4.79 Å². The molecular formula is C12H22BrNO. The predicted octanol–water partition coefficient (Wildman–Crippen LogP) is 2.96. The number of alkyl halides is 1. The molecule has 1 N–H and O–H groups in total. The Morgan fingerprint density at radius 1 is 1.33 bits per heavy atom. The van der Waals surface area contributed by atoms with E-state index in [0.717, 1.165) is 11.8 Å². The van der Waals surface area contributed by atoms with Crippen molar-refractivity contribution in [2.45, 2.75) is 47.1 Å². The van der Waals surface area contributed by atoms with Crippen molar-refractivity contribution in [3.63, 3.8) is 0 Å². The maximum Gasteiger partial charge on any atom is 0.224 e. The lowest BCUT2D eigenvalue weighted by atomic mass is 10.0. The second kappa shape index (κ2) is 4.08. The Bertz CT molecular complexity index is 242. The van der Waals surface area contributed by atoms with Crippen LogP contribution in [-0.2, 0) is 4.79 Å². The molecule has 0 saturated heterocycles. The summed E-state index contributed by atoms with van der Waals surface area (Å²) in [6, 6.07) is 0.268. The molecule has 0 radical (unpaired) electrons. The van der Waals surface area contributed by atoms with E-state index in [1.165, 1.54) is 0 Å². The molecule has 1 aliphatic carbocycles. The van der Waals surface area contributed by atoms with Gasteiger partial charge in [0.1, 0.15) is 0 Å². The summed E-state index contributed by atoms with van der Waals surface area (Å²) in [6.07, 6.45) is 0.977. The fourth-order valence-corrected chi connectivity index (χ4v) is 3.01. The van der Waals surface area contributed by atoms with Crippen LogP contribution < -0.4 is 5.32 Å². The van der Waals surface area contributed by atoms with Crippen LogP contribution in [0.5, 0.6) is 0 Å². The number of hydrogen-bond acceptors (Lipinski definition) is 1. The molecule has 1 amide bonds. The highest BCUT2D eigenvalue weighted by molar-refractivity contribution is 9.09. The van der Waals surface area contributed by atoms with Gasteiger partial charge in [0, 0.05) is 17.3 Å². The van der Waals surface area contributed by atoms with Gasteiger partial charge in [0.25, 0.3) is 0 Å². The lowest BCUT2D eigenvalue weighted by Gasteiger charge is -2.14. The summed E-state index contributed by atoms with van der Waals surface area (Å²) in [5.74, 6) is 0.384. The number of nitrogens with one attached hydrogen (secondary N) is 1. The smallest absolute Gasteiger partial charge is 0.224 e. The van der Waals surface area contributed by atoms with E-state index >= 15 is 0 Å². The summed E-state index contributed by atoms with van der Waals surface area (Å²) in [5, 5.41) is 3.94. The first kappa shape index (κ1) is 13.0. The highest BCUT2D eigenvalue weighted by atomic mass is 79.9. The molecule has 3 heteroatoms. The van der Waals surface area contributed by atoms with Crippen LogP contribution in [0.3, 0.4) is 0 Å². The molecule has 0 aromatic rings. The number of amides is 1. The second-order valence-corrected chi connectivity index (χ2v) is 6.29. The van der Waals surface area contributed by atoms with E-state index in [4.69, 9.17) is 0 Å². The Balaban J connectivity index is 2.58. The maximum atomic E-state index is 12.0. The van der Waals surface area contributed by atoms with Crippen LogP contribution in [0, 0.1) is 16.7 Å². The third kappa shape index (κ3) is 2.08. The van der Waals surface area contributed by atoms with Gasteiger partial charge < -0.3 is 5.32 Å². The number of halogens is 1. The molecule has 88 valence electrons. The largest absolute Gasteiger partial charge is 0.352 e. The van der Waals surface area contributed by atoms with Gasteiger partial charge in [-0.15, -0.1) is 0 Å². The van der Waals surface area contributed by atoms with Crippen molar-refractivity contribution in [2.24, 2.45) is 16.7 Å². The minimum absolute atomic E-state index is 0.141. The van der Waals surface area contributed by atoms with Crippen molar-refractivity contribution >= 4 is 21.8 Å². The third-order valence-corrected chi connectivity index (χ3v) is 5.09. The van der Waals surface area contributed by atoms with E-state index in [-0.39, 0.29) is 28.7 Å². The van der Waals surface area contributed by atoms with E-state index in [0.29, 0.717) is 0 Å². The van der Waals surface area contributed by atoms with Crippen LogP contribution in [-0.4, -0.2) is 17.3 Å². The minimum atomic E-state index is 0.141. The van der Waals surface area contributed by atoms with Gasteiger partial charge in [0.2, 0.25) is 5.91 Å². The molecule has 2 nitrogen and oxygen atoms in total. The zero-order chi connectivity index (χ0) is 11.9. The van der Waals surface area contributed by atoms with Crippen molar-refractivity contribution in [1.29, 1.82) is 0 Å². The first-order valence-electron chi connectivity index (χ1n) is 5.65. The van der Waals surface area contributed by atoms with Crippen molar-refractivity contribution in [1.82, 2.24) is 5.32 Å². The fourth-order valence-electron chi connectivity index (χ4n) is 2.39. The van der Waals surface area contributed by atoms with Gasteiger partial charge in [-0.25, -0.2) is 0 Å². The van der Waals surface area contributed by atoms with Crippen molar-refractivity contribution in [3.8, 4) is 0 Å². The first-order chi connectivity index (χ1) is 6.79. The average Bonchev–Trinajstić information content (AvgIpc) is 2.53. The van der Waals surface area contributed by atoms with Crippen molar-refractivity contribution < 1.29 is 4.79 Å². The molecule has 1 unspecified atom stereocenters. The molecule has 0 spiro atoms. The van der Waals surface area contributed by atoms with Gasteiger partial charge in [0.05, 0.1) is 0 Å². The zero-order valence-electron chi connectivity index (χ0n) is 10.4. The normalized spacial score (nSPS) is 24.7. The Morgan fingerprint density at radius 3 is 2.07 bits per heavy atom. The summed E-state index contributed by atoms with van der Waals surface area (Å²) < 4.78 is 0. The van der Waals surface area contributed by atoms with Gasteiger partial charge in [-0.3, -0.25) is 4.79 Å². The molecular weight excluding hydrogens is 254 g/mol. The van der Waals surface area contributed by atoms with E-state index < -0.39 is 0 Å². The summed E-state index contributed by atoms with van der Waals surface area (Å²) in [7, 11) is 0. The van der Waals surface area contributed by atoms with Crippen molar-refractivity contribution in [2.75, 3.05) is 5.33 Å². The van der Waals surface area contributed by atoms with Crippen LogP contribution >= 0.6 is 15.9 Å². The van der Waals surface area contributed by atoms with Gasteiger partial charge in [-0.05, 0) is 17.3 Å². The maximum absolute atomic E-state index is 12.0. The molecule has 1 saturated carbocycles. The van der Waals surface area contributed by atoms with E-state index in [1.54, 1.807) is 0 Å². The van der Waals surface area contributed by atoms with Crippen LogP contribution in [0.1, 0.15) is 41.0 Å². The van der Waals surface area contributed by atoms with Crippen LogP contribution in [0.4, 0.5) is 0 Å². The zero-order valence-corrected chi connectivity index (χ0v) is 11.9. The van der Waals surface area contributed by atoms with Gasteiger partial charge in [-0.2, -0.15) is 0 Å². The van der Waals surface area contributed by atoms with Crippen molar-refractivity contribution in [3.05, 3.63) is 0 Å². The third-order valence-electron chi connectivity index (χ3n) is 4.31. The lowest BCUT2D eigenvalue weighted by molar-refractivity contribution is -0.124.